The molecule has 0 radical (unpaired) electrons. The van der Waals surface area contributed by atoms with Crippen LogP contribution in [-0.2, 0) is 5.88 Å². The number of benzene rings is 1. The topological polar surface area (TPSA) is 61.6 Å². The second-order valence-electron chi connectivity index (χ2n) is 3.03. The predicted molar refractivity (Wildman–Crippen MR) is 53.6 cm³/mol. The molecule has 0 aliphatic carbocycles. The van der Waals surface area contributed by atoms with Gasteiger partial charge in [-0.25, -0.2) is 0 Å². The fraction of sp³-hybridized carbons (Fsp3) is 0.333. The van der Waals surface area contributed by atoms with E-state index in [1.807, 2.05) is 0 Å². The molecular weight excluding hydrogens is 222 g/mol. The number of hydrogen-bond acceptors (Lipinski definition) is 4. The van der Waals surface area contributed by atoms with Crippen LogP contribution in [0.1, 0.15) is 5.56 Å². The lowest BCUT2D eigenvalue weighted by atomic mass is 10.2. The number of hydrogen-bond donors (Lipinski definition) is 0. The van der Waals surface area contributed by atoms with E-state index in [0.717, 1.165) is 0 Å². The van der Waals surface area contributed by atoms with E-state index in [1.165, 1.54) is 6.07 Å². The average Bonchev–Trinajstić information content (AvgIpc) is 2.27. The fourth-order valence-electron chi connectivity index (χ4n) is 1.40. The number of halogens is 1. The van der Waals surface area contributed by atoms with Crippen LogP contribution in [0.3, 0.4) is 0 Å². The van der Waals surface area contributed by atoms with Crippen molar-refractivity contribution in [3.05, 3.63) is 27.8 Å². The first-order valence-corrected chi connectivity index (χ1v) is 4.88. The van der Waals surface area contributed by atoms with E-state index in [9.17, 15) is 10.1 Å². The number of fused-ring (bicyclic) bond motifs is 1. The normalized spacial score (nSPS) is 13.7. The third-order valence-electron chi connectivity index (χ3n) is 2.03. The van der Waals surface area contributed by atoms with Gasteiger partial charge in [-0.05, 0) is 11.6 Å². The van der Waals surface area contributed by atoms with Crippen LogP contribution in [0.5, 0.6) is 11.5 Å². The maximum Gasteiger partial charge on any atom is 0.315 e. The lowest BCUT2D eigenvalue weighted by Gasteiger charge is -2.18. The van der Waals surface area contributed by atoms with Gasteiger partial charge >= 0.3 is 5.69 Å². The third kappa shape index (κ3) is 1.83. The van der Waals surface area contributed by atoms with E-state index in [0.29, 0.717) is 24.5 Å². The Hall–Kier alpha value is -1.49. The zero-order valence-electron chi connectivity index (χ0n) is 7.73. The van der Waals surface area contributed by atoms with E-state index in [1.54, 1.807) is 6.07 Å². The highest BCUT2D eigenvalue weighted by Gasteiger charge is 2.24. The molecule has 80 valence electrons. The summed E-state index contributed by atoms with van der Waals surface area (Å²) < 4.78 is 10.5. The standard InChI is InChI=1S/C9H8ClNO4/c10-5-6-3-7(11(12)13)9-8(4-6)14-1-2-15-9/h3-4H,1-2,5H2. The zero-order valence-corrected chi connectivity index (χ0v) is 8.49. The Morgan fingerprint density at radius 2 is 2.13 bits per heavy atom. The Kier molecular flexibility index (Phi) is 2.64. The Bertz CT molecular complexity index is 407. The van der Waals surface area contributed by atoms with E-state index >= 15 is 0 Å². The van der Waals surface area contributed by atoms with E-state index < -0.39 is 4.92 Å². The molecule has 0 atom stereocenters. The third-order valence-corrected chi connectivity index (χ3v) is 2.34. The molecule has 1 aromatic carbocycles. The summed E-state index contributed by atoms with van der Waals surface area (Å²) in [5.74, 6) is 0.795. The molecule has 1 heterocycles. The number of ether oxygens (including phenoxy) is 2. The maximum atomic E-state index is 10.8. The van der Waals surface area contributed by atoms with E-state index in [-0.39, 0.29) is 17.3 Å². The van der Waals surface area contributed by atoms with Crippen molar-refractivity contribution in [2.24, 2.45) is 0 Å². The highest BCUT2D eigenvalue weighted by atomic mass is 35.5. The molecule has 0 amide bonds. The van der Waals surface area contributed by atoms with Gasteiger partial charge in [-0.1, -0.05) is 0 Å². The molecule has 0 saturated heterocycles. The molecule has 1 aliphatic heterocycles. The van der Waals surface area contributed by atoms with Crippen LogP contribution in [0.2, 0.25) is 0 Å². The van der Waals surface area contributed by atoms with Crippen LogP contribution in [0.25, 0.3) is 0 Å². The van der Waals surface area contributed by atoms with Crippen molar-refractivity contribution in [2.75, 3.05) is 13.2 Å². The van der Waals surface area contributed by atoms with Gasteiger partial charge in [-0.2, -0.15) is 0 Å². The van der Waals surface area contributed by atoms with Crippen molar-refractivity contribution in [3.8, 4) is 11.5 Å². The van der Waals surface area contributed by atoms with Gasteiger partial charge in [0.1, 0.15) is 13.2 Å². The summed E-state index contributed by atoms with van der Waals surface area (Å²) in [7, 11) is 0. The summed E-state index contributed by atoms with van der Waals surface area (Å²) in [6, 6.07) is 3.06. The Balaban J connectivity index is 2.55. The second-order valence-corrected chi connectivity index (χ2v) is 3.30. The predicted octanol–water partition coefficient (Wildman–Crippen LogP) is 2.10. The minimum absolute atomic E-state index is 0.0946. The SMILES string of the molecule is O=[N+]([O-])c1cc(CCl)cc2c1OCCO2. The minimum Gasteiger partial charge on any atom is -0.486 e. The van der Waals surface area contributed by atoms with Gasteiger partial charge < -0.3 is 9.47 Å². The zero-order chi connectivity index (χ0) is 10.8. The number of nitro benzene ring substituents is 1. The number of rotatable bonds is 2. The first-order chi connectivity index (χ1) is 7.22. The summed E-state index contributed by atoms with van der Waals surface area (Å²) in [6.45, 7) is 0.726. The lowest BCUT2D eigenvalue weighted by molar-refractivity contribution is -0.386. The monoisotopic (exact) mass is 229 g/mol. The van der Waals surface area contributed by atoms with Crippen molar-refractivity contribution >= 4 is 17.3 Å². The Labute approximate surface area is 90.7 Å². The van der Waals surface area contributed by atoms with Gasteiger partial charge in [0.15, 0.2) is 5.75 Å². The maximum absolute atomic E-state index is 10.8. The van der Waals surface area contributed by atoms with Crippen molar-refractivity contribution in [1.29, 1.82) is 0 Å². The van der Waals surface area contributed by atoms with Crippen LogP contribution in [0.15, 0.2) is 12.1 Å². The molecule has 15 heavy (non-hydrogen) atoms. The van der Waals surface area contributed by atoms with Crippen molar-refractivity contribution in [2.45, 2.75) is 5.88 Å². The quantitative estimate of drug-likeness (QED) is 0.443. The van der Waals surface area contributed by atoms with Gasteiger partial charge in [0.05, 0.1) is 4.92 Å². The van der Waals surface area contributed by atoms with Gasteiger partial charge in [0, 0.05) is 11.9 Å². The molecule has 1 aromatic rings. The van der Waals surface area contributed by atoms with Crippen molar-refractivity contribution in [3.63, 3.8) is 0 Å². The van der Waals surface area contributed by atoms with Crippen LogP contribution < -0.4 is 9.47 Å². The highest BCUT2D eigenvalue weighted by Crippen LogP contribution is 2.40. The molecule has 0 fully saturated rings. The molecule has 0 N–H and O–H groups in total. The average molecular weight is 230 g/mol. The molecule has 0 spiro atoms. The van der Waals surface area contributed by atoms with Crippen LogP contribution in [-0.4, -0.2) is 18.1 Å². The molecule has 5 nitrogen and oxygen atoms in total. The molecule has 6 heteroatoms. The lowest BCUT2D eigenvalue weighted by Crippen LogP contribution is -2.16. The molecule has 0 unspecified atom stereocenters. The summed E-state index contributed by atoms with van der Waals surface area (Å²) in [6.07, 6.45) is 0. The largest absolute Gasteiger partial charge is 0.486 e. The molecular formula is C9H8ClNO4. The summed E-state index contributed by atoms with van der Waals surface area (Å²) in [4.78, 5) is 10.3. The van der Waals surface area contributed by atoms with Crippen LogP contribution in [0.4, 0.5) is 5.69 Å². The van der Waals surface area contributed by atoms with Gasteiger partial charge in [-0.15, -0.1) is 11.6 Å². The van der Waals surface area contributed by atoms with E-state index in [2.05, 4.69) is 0 Å². The van der Waals surface area contributed by atoms with Gasteiger partial charge in [0.2, 0.25) is 5.75 Å². The number of nitrogens with zero attached hydrogens (tertiary/aromatic N) is 1. The summed E-state index contributed by atoms with van der Waals surface area (Å²) >= 11 is 5.63. The molecule has 0 bridgehead atoms. The van der Waals surface area contributed by atoms with Crippen molar-refractivity contribution in [1.82, 2.24) is 0 Å². The van der Waals surface area contributed by atoms with Crippen LogP contribution >= 0.6 is 11.6 Å². The van der Waals surface area contributed by atoms with Crippen LogP contribution in [0, 0.1) is 10.1 Å². The minimum atomic E-state index is -0.496. The Morgan fingerprint density at radius 3 is 2.80 bits per heavy atom. The molecule has 2 rings (SSSR count). The van der Waals surface area contributed by atoms with Gasteiger partial charge in [0.25, 0.3) is 0 Å². The Morgan fingerprint density at radius 1 is 1.40 bits per heavy atom. The molecule has 0 aromatic heterocycles. The van der Waals surface area contributed by atoms with Gasteiger partial charge in [-0.3, -0.25) is 10.1 Å². The van der Waals surface area contributed by atoms with E-state index in [4.69, 9.17) is 21.1 Å². The first kappa shape index (κ1) is 10.0. The summed E-state index contributed by atoms with van der Waals surface area (Å²) in [5.41, 5.74) is 0.551. The number of alkyl halides is 1. The second kappa shape index (κ2) is 3.94. The van der Waals surface area contributed by atoms with Crippen molar-refractivity contribution < 1.29 is 14.4 Å². The smallest absolute Gasteiger partial charge is 0.315 e. The molecule has 0 saturated carbocycles. The highest BCUT2D eigenvalue weighted by molar-refractivity contribution is 6.17. The fourth-order valence-corrected chi connectivity index (χ4v) is 1.56. The summed E-state index contributed by atoms with van der Waals surface area (Å²) in [5, 5.41) is 10.8. The number of nitro groups is 1. The molecule has 1 aliphatic rings. The first-order valence-electron chi connectivity index (χ1n) is 4.35.